The Kier molecular flexibility index (Phi) is 6.34. The molecule has 1 atom stereocenters. The fourth-order valence-corrected chi connectivity index (χ4v) is 3.52. The van der Waals surface area contributed by atoms with Crippen LogP contribution in [0.3, 0.4) is 0 Å². The highest BCUT2D eigenvalue weighted by atomic mass is 19.1. The SMILES string of the molecule is O=C(NCCCN1CCC(O)(c2ccc(F)cc2)CC1)C1CC=NCN1. The number of piperidine rings is 1. The van der Waals surface area contributed by atoms with Crippen LogP contribution in [0.25, 0.3) is 0 Å². The number of nitrogens with one attached hydrogen (secondary N) is 2. The van der Waals surface area contributed by atoms with Crippen LogP contribution in [0, 0.1) is 5.82 Å². The molecule has 26 heavy (non-hydrogen) atoms. The summed E-state index contributed by atoms with van der Waals surface area (Å²) in [6.45, 7) is 3.62. The van der Waals surface area contributed by atoms with Crippen LogP contribution in [0.15, 0.2) is 29.3 Å². The summed E-state index contributed by atoms with van der Waals surface area (Å²) in [7, 11) is 0. The third-order valence-corrected chi connectivity index (χ3v) is 5.23. The molecule has 1 aromatic carbocycles. The van der Waals surface area contributed by atoms with Crippen LogP contribution in [-0.4, -0.2) is 61.0 Å². The largest absolute Gasteiger partial charge is 0.385 e. The summed E-state index contributed by atoms with van der Waals surface area (Å²) < 4.78 is 13.1. The van der Waals surface area contributed by atoms with Gasteiger partial charge in [-0.15, -0.1) is 0 Å². The summed E-state index contributed by atoms with van der Waals surface area (Å²) in [5.41, 5.74) is -0.0820. The Hall–Kier alpha value is -1.83. The number of aliphatic hydroxyl groups is 1. The van der Waals surface area contributed by atoms with Crippen LogP contribution < -0.4 is 10.6 Å². The number of benzene rings is 1. The van der Waals surface area contributed by atoms with E-state index in [-0.39, 0.29) is 17.8 Å². The standard InChI is InChI=1S/C19H27FN4O2/c20-16-4-2-15(3-5-16)19(26)7-12-24(13-8-19)11-1-9-22-18(25)17-6-10-21-14-23-17/h2-5,10,17,23,26H,1,6-9,11-14H2,(H,22,25). The number of carbonyl (C=O) groups excluding carboxylic acids is 1. The maximum atomic E-state index is 13.1. The van der Waals surface area contributed by atoms with Gasteiger partial charge < -0.3 is 15.3 Å². The van der Waals surface area contributed by atoms with Crippen molar-refractivity contribution in [1.82, 2.24) is 15.5 Å². The minimum Gasteiger partial charge on any atom is -0.385 e. The van der Waals surface area contributed by atoms with Gasteiger partial charge in [0.1, 0.15) is 5.82 Å². The zero-order valence-corrected chi connectivity index (χ0v) is 15.0. The summed E-state index contributed by atoms with van der Waals surface area (Å²) in [5.74, 6) is -0.256. The summed E-state index contributed by atoms with van der Waals surface area (Å²) in [6, 6.07) is 5.97. The smallest absolute Gasteiger partial charge is 0.237 e. The average molecular weight is 362 g/mol. The van der Waals surface area contributed by atoms with Gasteiger partial charge in [-0.05, 0) is 43.5 Å². The first kappa shape index (κ1) is 18.9. The van der Waals surface area contributed by atoms with Crippen molar-refractivity contribution < 1.29 is 14.3 Å². The van der Waals surface area contributed by atoms with Crippen molar-refractivity contribution in [1.29, 1.82) is 0 Å². The number of likely N-dealkylation sites (tertiary alicyclic amines) is 1. The lowest BCUT2D eigenvalue weighted by Gasteiger charge is -2.38. The van der Waals surface area contributed by atoms with Crippen LogP contribution in [0.2, 0.25) is 0 Å². The maximum absolute atomic E-state index is 13.1. The Morgan fingerprint density at radius 2 is 2.08 bits per heavy atom. The molecule has 2 aliphatic heterocycles. The summed E-state index contributed by atoms with van der Waals surface area (Å²) in [6.07, 6.45) is 4.57. The minimum absolute atomic E-state index is 0.0282. The van der Waals surface area contributed by atoms with Gasteiger partial charge in [-0.2, -0.15) is 0 Å². The second-order valence-electron chi connectivity index (χ2n) is 7.04. The normalized spacial score (nSPS) is 22.9. The van der Waals surface area contributed by atoms with Crippen LogP contribution in [0.5, 0.6) is 0 Å². The van der Waals surface area contributed by atoms with Gasteiger partial charge in [0, 0.05) is 32.3 Å². The van der Waals surface area contributed by atoms with Gasteiger partial charge in [0.15, 0.2) is 0 Å². The van der Waals surface area contributed by atoms with Gasteiger partial charge in [0.2, 0.25) is 5.91 Å². The molecular formula is C19H27FN4O2. The summed E-state index contributed by atoms with van der Waals surface area (Å²) >= 11 is 0. The van der Waals surface area contributed by atoms with E-state index in [1.807, 2.05) is 0 Å². The molecule has 7 heteroatoms. The first-order valence-corrected chi connectivity index (χ1v) is 9.27. The fourth-order valence-electron chi connectivity index (χ4n) is 3.52. The number of rotatable bonds is 6. The molecule has 0 aromatic heterocycles. The number of carbonyl (C=O) groups is 1. The number of halogens is 1. The number of amides is 1. The lowest BCUT2D eigenvalue weighted by Crippen LogP contribution is -2.47. The molecule has 0 saturated carbocycles. The van der Waals surface area contributed by atoms with E-state index in [9.17, 15) is 14.3 Å². The molecule has 2 heterocycles. The van der Waals surface area contributed by atoms with E-state index in [0.29, 0.717) is 32.5 Å². The molecule has 0 aliphatic carbocycles. The topological polar surface area (TPSA) is 77.0 Å². The molecule has 1 saturated heterocycles. The van der Waals surface area contributed by atoms with Crippen LogP contribution in [0.1, 0.15) is 31.2 Å². The Balaban J connectivity index is 1.35. The second-order valence-corrected chi connectivity index (χ2v) is 7.04. The highest BCUT2D eigenvalue weighted by Gasteiger charge is 2.33. The van der Waals surface area contributed by atoms with Gasteiger partial charge in [-0.1, -0.05) is 12.1 Å². The molecule has 0 radical (unpaired) electrons. The van der Waals surface area contributed by atoms with E-state index in [1.165, 1.54) is 12.1 Å². The molecule has 6 nitrogen and oxygen atoms in total. The molecule has 142 valence electrons. The Labute approximate surface area is 153 Å². The summed E-state index contributed by atoms with van der Waals surface area (Å²) in [4.78, 5) is 18.4. The average Bonchev–Trinajstić information content (AvgIpc) is 2.67. The molecule has 1 fully saturated rings. The second kappa shape index (κ2) is 8.70. The highest BCUT2D eigenvalue weighted by molar-refractivity contribution is 5.85. The quantitative estimate of drug-likeness (QED) is 0.660. The Bertz CT molecular complexity index is 627. The predicted octanol–water partition coefficient (Wildman–Crippen LogP) is 1.01. The van der Waals surface area contributed by atoms with Crippen molar-refractivity contribution in [2.75, 3.05) is 32.8 Å². The van der Waals surface area contributed by atoms with Crippen LogP contribution in [-0.2, 0) is 10.4 Å². The molecule has 0 spiro atoms. The lowest BCUT2D eigenvalue weighted by atomic mass is 9.84. The Morgan fingerprint density at radius 1 is 1.35 bits per heavy atom. The first-order valence-electron chi connectivity index (χ1n) is 9.27. The third-order valence-electron chi connectivity index (χ3n) is 5.23. The maximum Gasteiger partial charge on any atom is 0.237 e. The van der Waals surface area contributed by atoms with E-state index < -0.39 is 5.60 Å². The van der Waals surface area contributed by atoms with Crippen molar-refractivity contribution in [2.24, 2.45) is 4.99 Å². The lowest BCUT2D eigenvalue weighted by molar-refractivity contribution is -0.123. The molecule has 1 unspecified atom stereocenters. The fraction of sp³-hybridized carbons (Fsp3) is 0.579. The van der Waals surface area contributed by atoms with E-state index in [1.54, 1.807) is 18.3 Å². The van der Waals surface area contributed by atoms with Gasteiger partial charge in [-0.25, -0.2) is 4.39 Å². The zero-order chi connectivity index (χ0) is 18.4. The minimum atomic E-state index is -0.868. The Morgan fingerprint density at radius 3 is 2.73 bits per heavy atom. The van der Waals surface area contributed by atoms with E-state index in [0.717, 1.165) is 31.6 Å². The molecule has 1 aromatic rings. The molecule has 0 bridgehead atoms. The van der Waals surface area contributed by atoms with Gasteiger partial charge in [0.25, 0.3) is 0 Å². The van der Waals surface area contributed by atoms with E-state index in [4.69, 9.17) is 0 Å². The number of hydrogen-bond donors (Lipinski definition) is 3. The van der Waals surface area contributed by atoms with Crippen LogP contribution >= 0.6 is 0 Å². The molecular weight excluding hydrogens is 335 g/mol. The first-order chi connectivity index (χ1) is 12.6. The number of hydrogen-bond acceptors (Lipinski definition) is 5. The van der Waals surface area contributed by atoms with Crippen LogP contribution in [0.4, 0.5) is 4.39 Å². The predicted molar refractivity (Wildman–Crippen MR) is 98.5 cm³/mol. The van der Waals surface area contributed by atoms with Crippen molar-refractivity contribution in [2.45, 2.75) is 37.3 Å². The monoisotopic (exact) mass is 362 g/mol. The number of nitrogens with zero attached hydrogens (tertiary/aromatic N) is 2. The zero-order valence-electron chi connectivity index (χ0n) is 15.0. The van der Waals surface area contributed by atoms with Crippen molar-refractivity contribution >= 4 is 12.1 Å². The van der Waals surface area contributed by atoms with Crippen molar-refractivity contribution in [3.05, 3.63) is 35.6 Å². The van der Waals surface area contributed by atoms with E-state index in [2.05, 4.69) is 20.5 Å². The molecule has 3 rings (SSSR count). The number of aliphatic imine (C=N–C) groups is 1. The summed E-state index contributed by atoms with van der Waals surface area (Å²) in [5, 5.41) is 16.8. The van der Waals surface area contributed by atoms with Gasteiger partial charge in [0.05, 0.1) is 18.3 Å². The third kappa shape index (κ3) is 4.87. The van der Waals surface area contributed by atoms with Gasteiger partial charge >= 0.3 is 0 Å². The van der Waals surface area contributed by atoms with Gasteiger partial charge in [-0.3, -0.25) is 15.1 Å². The van der Waals surface area contributed by atoms with Crippen molar-refractivity contribution in [3.63, 3.8) is 0 Å². The molecule has 2 aliphatic rings. The van der Waals surface area contributed by atoms with Crippen molar-refractivity contribution in [3.8, 4) is 0 Å². The molecule has 3 N–H and O–H groups in total. The molecule has 1 amide bonds. The van der Waals surface area contributed by atoms with E-state index >= 15 is 0 Å². The highest BCUT2D eigenvalue weighted by Crippen LogP contribution is 2.32.